The molecule has 1 aromatic heterocycles. The molecule has 11 heteroatoms. The summed E-state index contributed by atoms with van der Waals surface area (Å²) in [5, 5.41) is 9.32. The van der Waals surface area contributed by atoms with Gasteiger partial charge in [0, 0.05) is 24.2 Å². The fraction of sp³-hybridized carbons (Fsp3) is 0.211. The van der Waals surface area contributed by atoms with E-state index >= 15 is 0 Å². The third-order valence-electron chi connectivity index (χ3n) is 4.22. The average molecular weight is 470 g/mol. The number of hydrogen-bond donors (Lipinski definition) is 1. The van der Waals surface area contributed by atoms with E-state index in [0.29, 0.717) is 32.2 Å². The molecule has 1 heterocycles. The Labute approximate surface area is 186 Å². The highest BCUT2D eigenvalue weighted by atomic mass is 35.5. The number of amides is 1. The van der Waals surface area contributed by atoms with Gasteiger partial charge in [0.2, 0.25) is 11.1 Å². The minimum absolute atomic E-state index is 0.0822. The van der Waals surface area contributed by atoms with Crippen molar-refractivity contribution in [1.82, 2.24) is 19.8 Å². The maximum Gasteiger partial charge on any atom is 0.233 e. The lowest BCUT2D eigenvalue weighted by Crippen LogP contribution is -2.28. The normalized spacial score (nSPS) is 10.8. The Morgan fingerprint density at radius 1 is 1.27 bits per heavy atom. The van der Waals surface area contributed by atoms with E-state index in [-0.39, 0.29) is 24.0 Å². The Balaban J connectivity index is 1.63. The summed E-state index contributed by atoms with van der Waals surface area (Å²) in [5.41, 5.74) is 1.23. The molecule has 30 heavy (non-hydrogen) atoms. The molecule has 0 fully saturated rings. The van der Waals surface area contributed by atoms with Gasteiger partial charge in [-0.3, -0.25) is 4.79 Å². The number of carbonyl (C=O) groups excluding carboxylic acids is 1. The molecule has 0 saturated carbocycles. The van der Waals surface area contributed by atoms with Gasteiger partial charge in [0.25, 0.3) is 0 Å². The molecule has 0 atom stereocenters. The van der Waals surface area contributed by atoms with Crippen LogP contribution in [0.2, 0.25) is 10.0 Å². The molecule has 3 aromatic rings. The molecule has 158 valence electrons. The number of rotatable bonds is 7. The summed E-state index contributed by atoms with van der Waals surface area (Å²) in [7, 11) is 3.03. The van der Waals surface area contributed by atoms with Crippen LogP contribution in [-0.2, 0) is 11.3 Å². The third kappa shape index (κ3) is 4.97. The standard InChI is InChI=1S/C19H18Cl2FN5O2S/c1-26(9-11-3-6-16(29-2)15(22)7-11)17(28)10-30-19-25-24-18(27(19)23)13-5-4-12(20)8-14(13)21/h3-8H,9-10,23H2,1-2H3. The molecule has 2 aromatic carbocycles. The first-order valence-corrected chi connectivity index (χ1v) is 10.4. The van der Waals surface area contributed by atoms with E-state index in [1.165, 1.54) is 28.8 Å². The van der Waals surface area contributed by atoms with Gasteiger partial charge in [-0.05, 0) is 35.9 Å². The van der Waals surface area contributed by atoms with Crippen LogP contribution in [0.1, 0.15) is 5.56 Å². The van der Waals surface area contributed by atoms with Gasteiger partial charge in [0.15, 0.2) is 17.4 Å². The smallest absolute Gasteiger partial charge is 0.233 e. The van der Waals surface area contributed by atoms with Crippen LogP contribution in [0.15, 0.2) is 41.6 Å². The van der Waals surface area contributed by atoms with E-state index in [2.05, 4.69) is 10.2 Å². The fourth-order valence-electron chi connectivity index (χ4n) is 2.64. The molecule has 7 nitrogen and oxygen atoms in total. The zero-order valence-corrected chi connectivity index (χ0v) is 18.4. The van der Waals surface area contributed by atoms with Crippen LogP contribution in [0.3, 0.4) is 0 Å². The van der Waals surface area contributed by atoms with E-state index in [0.717, 1.165) is 11.8 Å². The first-order chi connectivity index (χ1) is 14.3. The largest absolute Gasteiger partial charge is 0.494 e. The lowest BCUT2D eigenvalue weighted by molar-refractivity contribution is -0.127. The van der Waals surface area contributed by atoms with Crippen LogP contribution in [-0.4, -0.2) is 45.6 Å². The number of methoxy groups -OCH3 is 1. The summed E-state index contributed by atoms with van der Waals surface area (Å²) in [5.74, 6) is 6.01. The zero-order chi connectivity index (χ0) is 21.8. The van der Waals surface area contributed by atoms with E-state index in [9.17, 15) is 9.18 Å². The van der Waals surface area contributed by atoms with Crippen LogP contribution in [0, 0.1) is 5.82 Å². The quantitative estimate of drug-likeness (QED) is 0.417. The molecule has 0 radical (unpaired) electrons. The minimum Gasteiger partial charge on any atom is -0.494 e. The molecule has 0 spiro atoms. The Bertz CT molecular complexity index is 1080. The number of ether oxygens (including phenoxy) is 1. The van der Waals surface area contributed by atoms with Gasteiger partial charge in [-0.15, -0.1) is 10.2 Å². The van der Waals surface area contributed by atoms with Crippen LogP contribution in [0.5, 0.6) is 5.75 Å². The molecule has 2 N–H and O–H groups in total. The summed E-state index contributed by atoms with van der Waals surface area (Å²) in [4.78, 5) is 13.9. The molecule has 0 bridgehead atoms. The predicted molar refractivity (Wildman–Crippen MR) is 116 cm³/mol. The number of halogens is 3. The Kier molecular flexibility index (Phi) is 7.06. The third-order valence-corrected chi connectivity index (χ3v) is 5.70. The Hall–Kier alpha value is -2.49. The Morgan fingerprint density at radius 3 is 2.70 bits per heavy atom. The number of aromatic nitrogens is 3. The maximum atomic E-state index is 13.8. The molecule has 0 aliphatic carbocycles. The zero-order valence-electron chi connectivity index (χ0n) is 16.1. The van der Waals surface area contributed by atoms with Crippen molar-refractivity contribution in [3.8, 4) is 17.1 Å². The van der Waals surface area contributed by atoms with Crippen molar-refractivity contribution in [3.63, 3.8) is 0 Å². The Morgan fingerprint density at radius 2 is 2.03 bits per heavy atom. The van der Waals surface area contributed by atoms with Gasteiger partial charge >= 0.3 is 0 Å². The molecule has 1 amide bonds. The number of nitrogens with zero attached hydrogens (tertiary/aromatic N) is 4. The fourth-order valence-corrected chi connectivity index (χ4v) is 3.93. The summed E-state index contributed by atoms with van der Waals surface area (Å²) in [6.45, 7) is 0.251. The van der Waals surface area contributed by atoms with Gasteiger partial charge < -0.3 is 15.5 Å². The first kappa shape index (κ1) is 22.2. The van der Waals surface area contributed by atoms with Crippen molar-refractivity contribution in [3.05, 3.63) is 57.8 Å². The van der Waals surface area contributed by atoms with Crippen molar-refractivity contribution in [1.29, 1.82) is 0 Å². The molecular formula is C19H18Cl2FN5O2S. The molecule has 0 aliphatic rings. The van der Waals surface area contributed by atoms with Crippen molar-refractivity contribution in [2.75, 3.05) is 25.8 Å². The highest BCUT2D eigenvalue weighted by Crippen LogP contribution is 2.30. The van der Waals surface area contributed by atoms with Crippen molar-refractivity contribution in [2.45, 2.75) is 11.7 Å². The average Bonchev–Trinajstić information content (AvgIpc) is 3.06. The minimum atomic E-state index is -0.477. The van der Waals surface area contributed by atoms with Gasteiger partial charge in [0.1, 0.15) is 0 Å². The summed E-state index contributed by atoms with van der Waals surface area (Å²) < 4.78 is 20.0. The number of thioether (sulfide) groups is 1. The van der Waals surface area contributed by atoms with Gasteiger partial charge in [-0.25, -0.2) is 9.07 Å². The van der Waals surface area contributed by atoms with Gasteiger partial charge in [-0.1, -0.05) is 41.0 Å². The molecule has 0 saturated heterocycles. The number of hydrogen-bond acceptors (Lipinski definition) is 6. The van der Waals surface area contributed by atoms with Crippen molar-refractivity contribution in [2.24, 2.45) is 0 Å². The maximum absolute atomic E-state index is 13.8. The molecule has 0 unspecified atom stereocenters. The van der Waals surface area contributed by atoms with Crippen molar-refractivity contribution < 1.29 is 13.9 Å². The van der Waals surface area contributed by atoms with Crippen LogP contribution >= 0.6 is 35.0 Å². The van der Waals surface area contributed by atoms with Crippen LogP contribution in [0.25, 0.3) is 11.4 Å². The highest BCUT2D eigenvalue weighted by molar-refractivity contribution is 7.99. The lowest BCUT2D eigenvalue weighted by Gasteiger charge is -2.17. The van der Waals surface area contributed by atoms with Gasteiger partial charge in [-0.2, -0.15) is 0 Å². The molecular weight excluding hydrogens is 452 g/mol. The second-order valence-electron chi connectivity index (χ2n) is 6.31. The molecule has 3 rings (SSSR count). The SMILES string of the molecule is COc1ccc(CN(C)C(=O)CSc2nnc(-c3ccc(Cl)cc3Cl)n2N)cc1F. The lowest BCUT2D eigenvalue weighted by atomic mass is 10.2. The number of nitrogens with two attached hydrogens (primary N) is 1. The van der Waals surface area contributed by atoms with Crippen LogP contribution < -0.4 is 10.6 Å². The van der Waals surface area contributed by atoms with Gasteiger partial charge in [0.05, 0.1) is 17.9 Å². The highest BCUT2D eigenvalue weighted by Gasteiger charge is 2.18. The van der Waals surface area contributed by atoms with E-state index in [1.54, 1.807) is 31.3 Å². The number of nitrogen functional groups attached to an aromatic ring is 1. The first-order valence-electron chi connectivity index (χ1n) is 8.65. The summed E-state index contributed by atoms with van der Waals surface area (Å²) >= 11 is 13.2. The number of benzene rings is 2. The predicted octanol–water partition coefficient (Wildman–Crippen LogP) is 3.86. The second kappa shape index (κ2) is 9.55. The monoisotopic (exact) mass is 469 g/mol. The topological polar surface area (TPSA) is 86.3 Å². The van der Waals surface area contributed by atoms with E-state index in [4.69, 9.17) is 33.8 Å². The number of carbonyl (C=O) groups is 1. The van der Waals surface area contributed by atoms with Crippen molar-refractivity contribution >= 4 is 40.9 Å². The second-order valence-corrected chi connectivity index (χ2v) is 8.09. The molecule has 0 aliphatic heterocycles. The van der Waals surface area contributed by atoms with E-state index < -0.39 is 5.82 Å². The van der Waals surface area contributed by atoms with Crippen LogP contribution in [0.4, 0.5) is 4.39 Å². The van der Waals surface area contributed by atoms with E-state index in [1.807, 2.05) is 0 Å². The summed E-state index contributed by atoms with van der Waals surface area (Å²) in [6.07, 6.45) is 0. The summed E-state index contributed by atoms with van der Waals surface area (Å²) in [6, 6.07) is 9.52.